The van der Waals surface area contributed by atoms with E-state index in [0.29, 0.717) is 23.6 Å². The number of nitrogens with two attached hydrogens (primary N) is 2. The second-order valence-corrected chi connectivity index (χ2v) is 6.20. The molecule has 0 aliphatic carbocycles. The predicted molar refractivity (Wildman–Crippen MR) is 122 cm³/mol. The molecule has 1 unspecified atom stereocenters. The summed E-state index contributed by atoms with van der Waals surface area (Å²) in [5.41, 5.74) is 15.7. The average molecular weight is 397 g/mol. The van der Waals surface area contributed by atoms with Gasteiger partial charge in [-0.05, 0) is 48.3 Å². The molecule has 1 aromatic carbocycles. The summed E-state index contributed by atoms with van der Waals surface area (Å²) in [6, 6.07) is 5.29. The number of benzene rings is 1. The summed E-state index contributed by atoms with van der Waals surface area (Å²) in [7, 11) is 0. The van der Waals surface area contributed by atoms with Gasteiger partial charge < -0.3 is 21.3 Å². The molecule has 1 aliphatic rings. The summed E-state index contributed by atoms with van der Waals surface area (Å²) in [6.07, 6.45) is 9.39. The Morgan fingerprint density at radius 2 is 2.07 bits per heavy atom. The zero-order valence-corrected chi connectivity index (χ0v) is 17.7. The summed E-state index contributed by atoms with van der Waals surface area (Å²) < 4.78 is 5.86. The maximum Gasteiger partial charge on any atom is 0.336 e. The van der Waals surface area contributed by atoms with Crippen molar-refractivity contribution in [1.82, 2.24) is 0 Å². The van der Waals surface area contributed by atoms with E-state index in [2.05, 4.69) is 6.58 Å². The summed E-state index contributed by atoms with van der Waals surface area (Å²) in [4.78, 5) is 11.8. The third-order valence-corrected chi connectivity index (χ3v) is 4.36. The average Bonchev–Trinajstić information content (AvgIpc) is 2.73. The molecule has 29 heavy (non-hydrogen) atoms. The number of hydrogen-bond donors (Lipinski definition) is 3. The van der Waals surface area contributed by atoms with Crippen LogP contribution in [0.25, 0.3) is 5.57 Å². The van der Waals surface area contributed by atoms with Crippen molar-refractivity contribution in [2.75, 3.05) is 12.3 Å². The normalized spacial score (nSPS) is 15.2. The molecular formula is C24H32N2O3. The van der Waals surface area contributed by atoms with Crippen LogP contribution in [0.4, 0.5) is 5.69 Å². The lowest BCUT2D eigenvalue weighted by Gasteiger charge is -2.25. The molecule has 0 bridgehead atoms. The van der Waals surface area contributed by atoms with E-state index in [-0.39, 0.29) is 11.6 Å². The van der Waals surface area contributed by atoms with Crippen LogP contribution >= 0.6 is 0 Å². The van der Waals surface area contributed by atoms with Gasteiger partial charge in [0, 0.05) is 23.4 Å². The van der Waals surface area contributed by atoms with E-state index in [1.165, 1.54) is 12.2 Å². The molecule has 0 amide bonds. The maximum atomic E-state index is 11.8. The van der Waals surface area contributed by atoms with Crippen LogP contribution in [-0.4, -0.2) is 23.7 Å². The largest absolute Gasteiger partial charge is 0.488 e. The van der Waals surface area contributed by atoms with E-state index in [4.69, 9.17) is 16.2 Å². The minimum atomic E-state index is -1.02. The molecule has 1 atom stereocenters. The topological polar surface area (TPSA) is 98.6 Å². The number of hydrogen-bond acceptors (Lipinski definition) is 4. The number of ether oxygens (including phenoxy) is 1. The fourth-order valence-electron chi connectivity index (χ4n) is 2.92. The summed E-state index contributed by atoms with van der Waals surface area (Å²) in [5.74, 6) is -0.391. The predicted octanol–water partition coefficient (Wildman–Crippen LogP) is 4.88. The third kappa shape index (κ3) is 5.96. The van der Waals surface area contributed by atoms with Crippen molar-refractivity contribution in [2.45, 2.75) is 40.2 Å². The van der Waals surface area contributed by atoms with Crippen LogP contribution in [0.3, 0.4) is 0 Å². The van der Waals surface area contributed by atoms with E-state index in [1.807, 2.05) is 45.9 Å². The molecule has 5 nitrogen and oxygen atoms in total. The van der Waals surface area contributed by atoms with E-state index >= 15 is 0 Å². The van der Waals surface area contributed by atoms with Gasteiger partial charge in [-0.15, -0.1) is 0 Å². The zero-order chi connectivity index (χ0) is 22.0. The van der Waals surface area contributed by atoms with Crippen LogP contribution in [0, 0.1) is 0 Å². The Morgan fingerprint density at radius 3 is 2.62 bits per heavy atom. The smallest absolute Gasteiger partial charge is 0.336 e. The van der Waals surface area contributed by atoms with Crippen molar-refractivity contribution < 1.29 is 14.6 Å². The van der Waals surface area contributed by atoms with Gasteiger partial charge in [-0.1, -0.05) is 51.7 Å². The van der Waals surface area contributed by atoms with Crippen LogP contribution in [0.2, 0.25) is 0 Å². The van der Waals surface area contributed by atoms with Crippen LogP contribution in [0.15, 0.2) is 71.9 Å². The van der Waals surface area contributed by atoms with Gasteiger partial charge in [-0.3, -0.25) is 0 Å². The first-order valence-corrected chi connectivity index (χ1v) is 9.85. The highest BCUT2D eigenvalue weighted by molar-refractivity contribution is 6.03. The second-order valence-electron chi connectivity index (χ2n) is 6.20. The molecule has 0 saturated carbocycles. The number of allylic oxidation sites excluding steroid dienone is 4. The SMILES string of the molecule is C=C/C=C(C(=O)O)\C(=C/C)C1=C(/C=C\C(N)CC)COc2cc(N)ccc21.CC. The van der Waals surface area contributed by atoms with Gasteiger partial charge in [0.1, 0.15) is 12.4 Å². The molecule has 1 heterocycles. The third-order valence-electron chi connectivity index (χ3n) is 4.36. The van der Waals surface area contributed by atoms with Crippen molar-refractivity contribution in [3.63, 3.8) is 0 Å². The number of carboxylic acid groups (broad SMARTS) is 1. The Morgan fingerprint density at radius 1 is 1.38 bits per heavy atom. The summed E-state index contributed by atoms with van der Waals surface area (Å²) in [5, 5.41) is 9.70. The van der Waals surface area contributed by atoms with Gasteiger partial charge in [0.15, 0.2) is 0 Å². The van der Waals surface area contributed by atoms with Crippen molar-refractivity contribution in [3.8, 4) is 5.75 Å². The molecule has 156 valence electrons. The first-order chi connectivity index (χ1) is 13.9. The fourth-order valence-corrected chi connectivity index (χ4v) is 2.92. The van der Waals surface area contributed by atoms with Crippen LogP contribution < -0.4 is 16.2 Å². The Labute approximate surface area is 173 Å². The molecule has 5 N–H and O–H groups in total. The Bertz CT molecular complexity index is 861. The fraction of sp³-hybridized carbons (Fsp3) is 0.292. The standard InChI is InChI=1S/C22H26N2O3.C2H6/c1-4-7-18(22(25)26)17(6-3)21-14(8-9-15(23)5-2)13-27-20-12-16(24)10-11-19(20)21;1-2/h4,6-12,15H,1,5,13,23-24H2,2-3H3,(H,25,26);1-2H3/b9-8-,17-6+,18-7+;. The zero-order valence-electron chi connectivity index (χ0n) is 17.7. The summed E-state index contributed by atoms with van der Waals surface area (Å²) in [6.45, 7) is 11.8. The first-order valence-electron chi connectivity index (χ1n) is 9.85. The van der Waals surface area contributed by atoms with Gasteiger partial charge in [-0.25, -0.2) is 4.79 Å². The van der Waals surface area contributed by atoms with Gasteiger partial charge in [0.05, 0.1) is 5.57 Å². The number of rotatable bonds is 7. The Hall–Kier alpha value is -3.05. The molecule has 0 saturated heterocycles. The molecule has 0 spiro atoms. The maximum absolute atomic E-state index is 11.8. The molecule has 1 aromatic rings. The van der Waals surface area contributed by atoms with E-state index in [0.717, 1.165) is 23.1 Å². The molecule has 0 aromatic heterocycles. The van der Waals surface area contributed by atoms with Gasteiger partial charge in [-0.2, -0.15) is 0 Å². The molecule has 0 radical (unpaired) electrons. The minimum Gasteiger partial charge on any atom is -0.488 e. The number of nitrogen functional groups attached to an aromatic ring is 1. The lowest BCUT2D eigenvalue weighted by molar-refractivity contribution is -0.132. The van der Waals surface area contributed by atoms with Crippen molar-refractivity contribution in [1.29, 1.82) is 0 Å². The highest BCUT2D eigenvalue weighted by Gasteiger charge is 2.26. The van der Waals surface area contributed by atoms with E-state index in [1.54, 1.807) is 18.2 Å². The van der Waals surface area contributed by atoms with Gasteiger partial charge in [0.2, 0.25) is 0 Å². The highest BCUT2D eigenvalue weighted by atomic mass is 16.5. The van der Waals surface area contributed by atoms with Gasteiger partial charge >= 0.3 is 5.97 Å². The molecule has 1 aliphatic heterocycles. The first kappa shape index (κ1) is 24.0. The number of anilines is 1. The van der Waals surface area contributed by atoms with Crippen molar-refractivity contribution in [3.05, 3.63) is 77.4 Å². The van der Waals surface area contributed by atoms with Gasteiger partial charge in [0.25, 0.3) is 0 Å². The van der Waals surface area contributed by atoms with Crippen LogP contribution in [0.5, 0.6) is 5.75 Å². The lowest BCUT2D eigenvalue weighted by atomic mass is 9.86. The van der Waals surface area contributed by atoms with Crippen LogP contribution in [-0.2, 0) is 4.79 Å². The summed E-state index contributed by atoms with van der Waals surface area (Å²) >= 11 is 0. The highest BCUT2D eigenvalue weighted by Crippen LogP contribution is 2.41. The second kappa shape index (κ2) is 11.7. The lowest BCUT2D eigenvalue weighted by Crippen LogP contribution is -2.17. The van der Waals surface area contributed by atoms with Crippen LogP contribution in [0.1, 0.15) is 39.7 Å². The number of fused-ring (bicyclic) bond motifs is 1. The van der Waals surface area contributed by atoms with Crippen molar-refractivity contribution >= 4 is 17.2 Å². The Balaban J connectivity index is 0.00000204. The quantitative estimate of drug-likeness (QED) is 0.347. The van der Waals surface area contributed by atoms with E-state index in [9.17, 15) is 9.90 Å². The molecule has 5 heteroatoms. The monoisotopic (exact) mass is 396 g/mol. The molecule has 2 rings (SSSR count). The van der Waals surface area contributed by atoms with E-state index < -0.39 is 5.97 Å². The van der Waals surface area contributed by atoms with Crippen molar-refractivity contribution in [2.24, 2.45) is 5.73 Å². The number of carbonyl (C=O) groups is 1. The number of aliphatic carboxylic acids is 1. The molecule has 0 fully saturated rings. The Kier molecular flexibility index (Phi) is 9.69. The minimum absolute atomic E-state index is 0.0803. The number of carboxylic acids is 1. The molecular weight excluding hydrogens is 364 g/mol.